The third kappa shape index (κ3) is 1.53. The zero-order valence-electron chi connectivity index (χ0n) is 10.2. The summed E-state index contributed by atoms with van der Waals surface area (Å²) in [5.74, 6) is -0.820. The molecule has 0 amide bonds. The highest BCUT2D eigenvalue weighted by Crippen LogP contribution is 2.45. The van der Waals surface area contributed by atoms with Gasteiger partial charge in [0.15, 0.2) is 0 Å². The Morgan fingerprint density at radius 1 is 1.50 bits per heavy atom. The van der Waals surface area contributed by atoms with Crippen LogP contribution in [0.3, 0.4) is 0 Å². The van der Waals surface area contributed by atoms with Gasteiger partial charge in [-0.1, -0.05) is 18.2 Å². The smallest absolute Gasteiger partial charge is 0.306 e. The van der Waals surface area contributed by atoms with Crippen molar-refractivity contribution in [3.8, 4) is 0 Å². The van der Waals surface area contributed by atoms with Crippen molar-refractivity contribution in [1.29, 1.82) is 0 Å². The fourth-order valence-corrected chi connectivity index (χ4v) is 2.88. The highest BCUT2D eigenvalue weighted by molar-refractivity contribution is 5.86. The number of carbonyl (C=O) groups is 1. The van der Waals surface area contributed by atoms with E-state index in [0.717, 1.165) is 28.6 Å². The van der Waals surface area contributed by atoms with Gasteiger partial charge in [0.05, 0.1) is 13.0 Å². The maximum absolute atomic E-state index is 11.1. The van der Waals surface area contributed by atoms with Crippen molar-refractivity contribution in [3.63, 3.8) is 0 Å². The van der Waals surface area contributed by atoms with Gasteiger partial charge in [0.1, 0.15) is 5.60 Å². The highest BCUT2D eigenvalue weighted by Gasteiger charge is 2.44. The third-order valence-electron chi connectivity index (χ3n) is 3.67. The molecule has 1 aromatic heterocycles. The fourth-order valence-electron chi connectivity index (χ4n) is 2.88. The second-order valence-electron chi connectivity index (χ2n) is 4.83. The summed E-state index contributed by atoms with van der Waals surface area (Å²) in [4.78, 5) is 14.4. The standard InChI is InChI=1S/C14H15NO3/c1-9-13(10-4-2-3-5-11(10)15-9)14(6-7-18-14)8-12(16)17/h2-5,15H,6-8H2,1H3,(H,16,17). The van der Waals surface area contributed by atoms with Gasteiger partial charge in [-0.2, -0.15) is 0 Å². The molecule has 1 atom stereocenters. The zero-order valence-corrected chi connectivity index (χ0v) is 10.2. The molecule has 0 aliphatic carbocycles. The molecule has 2 N–H and O–H groups in total. The number of aliphatic carboxylic acids is 1. The molecule has 1 saturated heterocycles. The van der Waals surface area contributed by atoms with Crippen LogP contribution in [0.1, 0.15) is 24.1 Å². The molecule has 1 fully saturated rings. The Labute approximate surface area is 105 Å². The van der Waals surface area contributed by atoms with E-state index in [1.807, 2.05) is 31.2 Å². The first kappa shape index (κ1) is 11.3. The fraction of sp³-hybridized carbons (Fsp3) is 0.357. The zero-order chi connectivity index (χ0) is 12.8. The molecule has 1 aromatic carbocycles. The van der Waals surface area contributed by atoms with E-state index < -0.39 is 11.6 Å². The number of carboxylic acids is 1. The lowest BCUT2D eigenvalue weighted by molar-refractivity contribution is -0.175. The molecule has 3 rings (SSSR count). The van der Waals surface area contributed by atoms with Crippen LogP contribution in [-0.2, 0) is 15.1 Å². The van der Waals surface area contributed by atoms with Gasteiger partial charge in [0, 0.05) is 28.6 Å². The molecule has 0 saturated carbocycles. The van der Waals surface area contributed by atoms with Gasteiger partial charge in [-0.25, -0.2) is 0 Å². The van der Waals surface area contributed by atoms with Crippen molar-refractivity contribution in [2.45, 2.75) is 25.4 Å². The van der Waals surface area contributed by atoms with Crippen molar-refractivity contribution in [2.75, 3.05) is 6.61 Å². The minimum Gasteiger partial charge on any atom is -0.481 e. The van der Waals surface area contributed by atoms with Crippen LogP contribution in [0.5, 0.6) is 0 Å². The van der Waals surface area contributed by atoms with E-state index in [4.69, 9.17) is 9.84 Å². The van der Waals surface area contributed by atoms with Crippen LogP contribution in [-0.4, -0.2) is 22.7 Å². The summed E-state index contributed by atoms with van der Waals surface area (Å²) in [6, 6.07) is 7.94. The Morgan fingerprint density at radius 2 is 2.22 bits per heavy atom. The van der Waals surface area contributed by atoms with Gasteiger partial charge in [0.2, 0.25) is 0 Å². The number of aromatic amines is 1. The number of H-pyrrole nitrogens is 1. The summed E-state index contributed by atoms with van der Waals surface area (Å²) < 4.78 is 5.66. The Balaban J connectivity index is 2.18. The van der Waals surface area contributed by atoms with Crippen LogP contribution >= 0.6 is 0 Å². The lowest BCUT2D eigenvalue weighted by Crippen LogP contribution is -2.43. The lowest BCUT2D eigenvalue weighted by atomic mass is 9.82. The topological polar surface area (TPSA) is 62.3 Å². The molecule has 0 radical (unpaired) electrons. The van der Waals surface area contributed by atoms with Crippen molar-refractivity contribution in [1.82, 2.24) is 4.98 Å². The first-order chi connectivity index (χ1) is 8.62. The summed E-state index contributed by atoms with van der Waals surface area (Å²) in [5, 5.41) is 10.2. The minimum absolute atomic E-state index is 0.0235. The van der Waals surface area contributed by atoms with Crippen molar-refractivity contribution in [2.24, 2.45) is 0 Å². The van der Waals surface area contributed by atoms with Gasteiger partial charge in [0.25, 0.3) is 0 Å². The van der Waals surface area contributed by atoms with E-state index in [-0.39, 0.29) is 6.42 Å². The van der Waals surface area contributed by atoms with Gasteiger partial charge in [-0.15, -0.1) is 0 Å². The molecular formula is C14H15NO3. The number of para-hydroxylation sites is 1. The molecule has 18 heavy (non-hydrogen) atoms. The number of nitrogens with one attached hydrogen (secondary N) is 1. The van der Waals surface area contributed by atoms with Crippen molar-refractivity contribution >= 4 is 16.9 Å². The number of benzene rings is 1. The molecule has 94 valence electrons. The van der Waals surface area contributed by atoms with E-state index in [1.165, 1.54) is 0 Å². The van der Waals surface area contributed by atoms with E-state index in [2.05, 4.69) is 4.98 Å². The van der Waals surface area contributed by atoms with Crippen LogP contribution in [0.25, 0.3) is 10.9 Å². The monoisotopic (exact) mass is 245 g/mol. The van der Waals surface area contributed by atoms with E-state index in [1.54, 1.807) is 0 Å². The number of hydrogen-bond acceptors (Lipinski definition) is 2. The normalized spacial score (nSPS) is 22.9. The number of carboxylic acid groups (broad SMARTS) is 1. The summed E-state index contributed by atoms with van der Waals surface area (Å²) in [7, 11) is 0. The van der Waals surface area contributed by atoms with Gasteiger partial charge in [-0.3, -0.25) is 4.79 Å². The molecule has 1 unspecified atom stereocenters. The average molecular weight is 245 g/mol. The number of aromatic nitrogens is 1. The molecule has 1 aliphatic rings. The SMILES string of the molecule is Cc1[nH]c2ccccc2c1C1(CC(=O)O)CCO1. The number of ether oxygens (including phenoxy) is 1. The molecule has 0 spiro atoms. The Morgan fingerprint density at radius 3 is 2.83 bits per heavy atom. The molecule has 1 aliphatic heterocycles. The quantitative estimate of drug-likeness (QED) is 0.873. The van der Waals surface area contributed by atoms with Gasteiger partial charge < -0.3 is 14.8 Å². The van der Waals surface area contributed by atoms with Crippen LogP contribution in [0, 0.1) is 6.92 Å². The molecule has 4 nitrogen and oxygen atoms in total. The highest BCUT2D eigenvalue weighted by atomic mass is 16.5. The molecular weight excluding hydrogens is 230 g/mol. The number of aryl methyl sites for hydroxylation is 1. The first-order valence-corrected chi connectivity index (χ1v) is 6.06. The number of hydrogen-bond donors (Lipinski definition) is 2. The molecule has 4 heteroatoms. The third-order valence-corrected chi connectivity index (χ3v) is 3.67. The van der Waals surface area contributed by atoms with E-state index >= 15 is 0 Å². The van der Waals surface area contributed by atoms with Crippen LogP contribution in [0.15, 0.2) is 24.3 Å². The van der Waals surface area contributed by atoms with E-state index in [9.17, 15) is 4.79 Å². The Hall–Kier alpha value is -1.81. The number of rotatable bonds is 3. The minimum atomic E-state index is -0.820. The maximum atomic E-state index is 11.1. The predicted octanol–water partition coefficient (Wildman–Crippen LogP) is 2.57. The molecule has 0 bridgehead atoms. The summed E-state index contributed by atoms with van der Waals surface area (Å²) in [5.41, 5.74) is 2.39. The largest absolute Gasteiger partial charge is 0.481 e. The number of fused-ring (bicyclic) bond motifs is 1. The van der Waals surface area contributed by atoms with Crippen molar-refractivity contribution in [3.05, 3.63) is 35.5 Å². The summed E-state index contributed by atoms with van der Waals surface area (Å²) >= 11 is 0. The second-order valence-corrected chi connectivity index (χ2v) is 4.83. The second kappa shape index (κ2) is 3.85. The predicted molar refractivity (Wildman–Crippen MR) is 67.5 cm³/mol. The van der Waals surface area contributed by atoms with E-state index in [0.29, 0.717) is 6.61 Å². The van der Waals surface area contributed by atoms with Gasteiger partial charge in [-0.05, 0) is 13.0 Å². The molecule has 2 heterocycles. The Bertz CT molecular complexity index is 611. The summed E-state index contributed by atoms with van der Waals surface area (Å²) in [6.07, 6.45) is 0.789. The van der Waals surface area contributed by atoms with Crippen molar-refractivity contribution < 1.29 is 14.6 Å². The molecule has 2 aromatic rings. The van der Waals surface area contributed by atoms with Gasteiger partial charge >= 0.3 is 5.97 Å². The van der Waals surface area contributed by atoms with Crippen LogP contribution in [0.4, 0.5) is 0 Å². The Kier molecular flexibility index (Phi) is 2.41. The first-order valence-electron chi connectivity index (χ1n) is 6.06. The maximum Gasteiger partial charge on any atom is 0.306 e. The summed E-state index contributed by atoms with van der Waals surface area (Å²) in [6.45, 7) is 2.60. The lowest BCUT2D eigenvalue weighted by Gasteiger charge is -2.41. The van der Waals surface area contributed by atoms with Crippen LogP contribution < -0.4 is 0 Å². The van der Waals surface area contributed by atoms with Crippen LogP contribution in [0.2, 0.25) is 0 Å². The average Bonchev–Trinajstić information content (AvgIpc) is 2.60.